The summed E-state index contributed by atoms with van der Waals surface area (Å²) in [6.45, 7) is 5.30. The Morgan fingerprint density at radius 3 is 2.48 bits per heavy atom. The highest BCUT2D eigenvalue weighted by atomic mass is 16.2. The predicted molar refractivity (Wildman–Crippen MR) is 82.0 cm³/mol. The lowest BCUT2D eigenvalue weighted by Gasteiger charge is -2.22. The third-order valence-electron chi connectivity index (χ3n) is 4.55. The molecule has 5 nitrogen and oxygen atoms in total. The zero-order chi connectivity index (χ0) is 14.8. The quantitative estimate of drug-likeness (QED) is 0.794. The van der Waals surface area contributed by atoms with Gasteiger partial charge in [-0.15, -0.1) is 0 Å². The van der Waals surface area contributed by atoms with Crippen LogP contribution in [0.15, 0.2) is 6.20 Å². The maximum Gasteiger partial charge on any atom is 0.257 e. The smallest absolute Gasteiger partial charge is 0.257 e. The van der Waals surface area contributed by atoms with Gasteiger partial charge in [0.2, 0.25) is 0 Å². The van der Waals surface area contributed by atoms with Crippen LogP contribution in [-0.4, -0.2) is 40.2 Å². The molecule has 3 rings (SSSR count). The summed E-state index contributed by atoms with van der Waals surface area (Å²) in [4.78, 5) is 14.9. The first kappa shape index (κ1) is 14.6. The van der Waals surface area contributed by atoms with Crippen molar-refractivity contribution in [1.82, 2.24) is 14.7 Å². The lowest BCUT2D eigenvalue weighted by Crippen LogP contribution is -2.35. The summed E-state index contributed by atoms with van der Waals surface area (Å²) < 4.78 is 1.91. The molecule has 2 saturated carbocycles. The summed E-state index contributed by atoms with van der Waals surface area (Å²) in [6.07, 6.45) is 7.75. The Morgan fingerprint density at radius 1 is 1.33 bits per heavy atom. The van der Waals surface area contributed by atoms with E-state index in [2.05, 4.69) is 10.00 Å². The Hall–Kier alpha value is -1.36. The van der Waals surface area contributed by atoms with Crippen LogP contribution in [0.2, 0.25) is 0 Å². The van der Waals surface area contributed by atoms with Crippen LogP contribution in [0.1, 0.15) is 48.2 Å². The molecule has 2 fully saturated rings. The second-order valence-electron chi connectivity index (χ2n) is 6.61. The summed E-state index contributed by atoms with van der Waals surface area (Å²) in [5.41, 5.74) is 7.30. The molecule has 5 heteroatoms. The standard InChI is InChI=1S/C16H26N4O/c1-12-15(9-18-20(12)8-2-7-17)16(21)19(10-13-3-4-13)11-14-5-6-14/h9,13-14H,2-8,10-11,17H2,1H3. The number of rotatable bonds is 8. The Kier molecular flexibility index (Phi) is 4.29. The second kappa shape index (κ2) is 6.18. The predicted octanol–water partition coefficient (Wildman–Crippen LogP) is 1.80. The van der Waals surface area contributed by atoms with Gasteiger partial charge in [-0.1, -0.05) is 0 Å². The second-order valence-corrected chi connectivity index (χ2v) is 6.61. The summed E-state index contributed by atoms with van der Waals surface area (Å²) in [7, 11) is 0. The van der Waals surface area contributed by atoms with Gasteiger partial charge in [-0.2, -0.15) is 5.10 Å². The van der Waals surface area contributed by atoms with Gasteiger partial charge in [0, 0.05) is 25.3 Å². The van der Waals surface area contributed by atoms with E-state index in [-0.39, 0.29) is 5.91 Å². The van der Waals surface area contributed by atoms with E-state index >= 15 is 0 Å². The molecule has 21 heavy (non-hydrogen) atoms. The van der Waals surface area contributed by atoms with Gasteiger partial charge in [0.05, 0.1) is 11.8 Å². The van der Waals surface area contributed by atoms with E-state index in [4.69, 9.17) is 5.73 Å². The van der Waals surface area contributed by atoms with Crippen molar-refractivity contribution < 1.29 is 4.79 Å². The minimum Gasteiger partial charge on any atom is -0.338 e. The molecule has 2 aliphatic rings. The Labute approximate surface area is 126 Å². The van der Waals surface area contributed by atoms with Gasteiger partial charge >= 0.3 is 0 Å². The van der Waals surface area contributed by atoms with E-state index < -0.39 is 0 Å². The van der Waals surface area contributed by atoms with Crippen molar-refractivity contribution >= 4 is 5.91 Å². The number of aromatic nitrogens is 2. The van der Waals surface area contributed by atoms with Gasteiger partial charge in [-0.3, -0.25) is 9.48 Å². The lowest BCUT2D eigenvalue weighted by molar-refractivity contribution is 0.0738. The fraction of sp³-hybridized carbons (Fsp3) is 0.750. The van der Waals surface area contributed by atoms with Gasteiger partial charge in [-0.25, -0.2) is 0 Å². The molecule has 0 atom stereocenters. The molecule has 1 heterocycles. The SMILES string of the molecule is Cc1c(C(=O)N(CC2CC2)CC2CC2)cnn1CCCN. The Morgan fingerprint density at radius 2 is 1.95 bits per heavy atom. The van der Waals surface area contributed by atoms with Gasteiger partial charge in [0.1, 0.15) is 0 Å². The van der Waals surface area contributed by atoms with Crippen LogP contribution in [-0.2, 0) is 6.54 Å². The van der Waals surface area contributed by atoms with Crippen LogP contribution in [0.4, 0.5) is 0 Å². The highest BCUT2D eigenvalue weighted by molar-refractivity contribution is 5.95. The summed E-state index contributed by atoms with van der Waals surface area (Å²) in [6, 6.07) is 0. The molecule has 0 aromatic carbocycles. The van der Waals surface area contributed by atoms with Crippen LogP contribution in [0.25, 0.3) is 0 Å². The number of nitrogens with two attached hydrogens (primary N) is 1. The van der Waals surface area contributed by atoms with E-state index in [1.165, 1.54) is 25.7 Å². The number of hydrogen-bond acceptors (Lipinski definition) is 3. The maximum atomic E-state index is 12.8. The van der Waals surface area contributed by atoms with Crippen molar-refractivity contribution in [1.29, 1.82) is 0 Å². The normalized spacial score (nSPS) is 18.0. The van der Waals surface area contributed by atoms with Gasteiger partial charge in [-0.05, 0) is 57.4 Å². The molecule has 116 valence electrons. The van der Waals surface area contributed by atoms with Crippen molar-refractivity contribution in [3.8, 4) is 0 Å². The molecule has 1 aromatic heterocycles. The van der Waals surface area contributed by atoms with Gasteiger partial charge < -0.3 is 10.6 Å². The van der Waals surface area contributed by atoms with Crippen LogP contribution >= 0.6 is 0 Å². The minimum atomic E-state index is 0.172. The van der Waals surface area contributed by atoms with E-state index in [1.807, 2.05) is 11.6 Å². The molecular weight excluding hydrogens is 264 g/mol. The summed E-state index contributed by atoms with van der Waals surface area (Å²) >= 11 is 0. The van der Waals surface area contributed by atoms with Crippen molar-refractivity contribution in [2.45, 2.75) is 45.6 Å². The molecular formula is C16H26N4O. The molecule has 1 aromatic rings. The van der Waals surface area contributed by atoms with Crippen molar-refractivity contribution in [3.05, 3.63) is 17.5 Å². The molecule has 2 aliphatic carbocycles. The Bertz CT molecular complexity index is 488. The monoisotopic (exact) mass is 290 g/mol. The zero-order valence-electron chi connectivity index (χ0n) is 12.9. The van der Waals surface area contributed by atoms with E-state index in [0.717, 1.165) is 49.1 Å². The fourth-order valence-corrected chi connectivity index (χ4v) is 2.76. The number of carbonyl (C=O) groups excluding carboxylic acids is 1. The highest BCUT2D eigenvalue weighted by Crippen LogP contribution is 2.34. The number of aryl methyl sites for hydroxylation is 1. The molecule has 0 spiro atoms. The molecule has 2 N–H and O–H groups in total. The fourth-order valence-electron chi connectivity index (χ4n) is 2.76. The molecule has 0 aliphatic heterocycles. The number of amides is 1. The highest BCUT2D eigenvalue weighted by Gasteiger charge is 2.32. The van der Waals surface area contributed by atoms with E-state index in [0.29, 0.717) is 6.54 Å². The van der Waals surface area contributed by atoms with Crippen molar-refractivity contribution in [2.24, 2.45) is 17.6 Å². The number of nitrogens with zero attached hydrogens (tertiary/aromatic N) is 3. The zero-order valence-corrected chi connectivity index (χ0v) is 12.9. The van der Waals surface area contributed by atoms with Gasteiger partial charge in [0.25, 0.3) is 5.91 Å². The first-order chi connectivity index (χ1) is 10.2. The van der Waals surface area contributed by atoms with E-state index in [1.54, 1.807) is 6.20 Å². The third-order valence-corrected chi connectivity index (χ3v) is 4.55. The maximum absolute atomic E-state index is 12.8. The first-order valence-corrected chi connectivity index (χ1v) is 8.20. The number of carbonyl (C=O) groups is 1. The average molecular weight is 290 g/mol. The Balaban J connectivity index is 1.69. The molecule has 0 unspecified atom stereocenters. The van der Waals surface area contributed by atoms with E-state index in [9.17, 15) is 4.79 Å². The van der Waals surface area contributed by atoms with Crippen LogP contribution in [0.5, 0.6) is 0 Å². The van der Waals surface area contributed by atoms with Crippen LogP contribution in [0.3, 0.4) is 0 Å². The minimum absolute atomic E-state index is 0.172. The first-order valence-electron chi connectivity index (χ1n) is 8.20. The number of hydrogen-bond donors (Lipinski definition) is 1. The average Bonchev–Trinajstić information content (AvgIpc) is 3.38. The topological polar surface area (TPSA) is 64.2 Å². The van der Waals surface area contributed by atoms with Crippen molar-refractivity contribution in [3.63, 3.8) is 0 Å². The summed E-state index contributed by atoms with van der Waals surface area (Å²) in [5, 5.41) is 4.36. The molecule has 0 bridgehead atoms. The van der Waals surface area contributed by atoms with Crippen LogP contribution < -0.4 is 5.73 Å². The summed E-state index contributed by atoms with van der Waals surface area (Å²) in [5.74, 6) is 1.64. The van der Waals surface area contributed by atoms with Crippen molar-refractivity contribution in [2.75, 3.05) is 19.6 Å². The third kappa shape index (κ3) is 3.64. The largest absolute Gasteiger partial charge is 0.338 e. The van der Waals surface area contributed by atoms with Gasteiger partial charge in [0.15, 0.2) is 0 Å². The van der Waals surface area contributed by atoms with Crippen LogP contribution in [0, 0.1) is 18.8 Å². The molecule has 0 saturated heterocycles. The lowest BCUT2D eigenvalue weighted by atomic mass is 10.2. The molecule has 0 radical (unpaired) electrons. The molecule has 1 amide bonds.